The Morgan fingerprint density at radius 1 is 0.917 bits per heavy atom. The van der Waals surface area contributed by atoms with Crippen molar-refractivity contribution in [1.29, 1.82) is 0 Å². The number of fused-ring (bicyclic) bond motifs is 1. The zero-order valence-electron chi connectivity index (χ0n) is 13.2. The molecule has 2 amide bonds. The highest BCUT2D eigenvalue weighted by Gasteiger charge is 2.72. The molecule has 0 bridgehead atoms. The maximum absolute atomic E-state index is 13.0. The standard InChI is InChI=1S/C19H16N2O3/c1-2-19(14-11-7-4-8-12-14)17(23)20-16(21(20)18(19)24)15(22)13-9-5-3-6-10-13/h3-12,16H,2H2,1H3. The maximum atomic E-state index is 13.0. The number of benzene rings is 2. The smallest absolute Gasteiger partial charge is 0.263 e. The minimum atomic E-state index is -1.20. The summed E-state index contributed by atoms with van der Waals surface area (Å²) < 4.78 is 0. The molecule has 0 saturated carbocycles. The van der Waals surface area contributed by atoms with Gasteiger partial charge >= 0.3 is 0 Å². The van der Waals surface area contributed by atoms with Gasteiger partial charge in [0.1, 0.15) is 0 Å². The summed E-state index contributed by atoms with van der Waals surface area (Å²) in [5, 5.41) is 2.60. The van der Waals surface area contributed by atoms with E-state index in [1.807, 2.05) is 31.2 Å². The Morgan fingerprint density at radius 2 is 1.42 bits per heavy atom. The molecule has 0 radical (unpaired) electrons. The SMILES string of the molecule is CCC1(c2ccccc2)C(=O)N2C(C(=O)c3ccccc3)N2C1=O. The van der Waals surface area contributed by atoms with E-state index in [2.05, 4.69) is 0 Å². The molecule has 0 unspecified atom stereocenters. The number of amides is 2. The van der Waals surface area contributed by atoms with Gasteiger partial charge in [0.05, 0.1) is 0 Å². The van der Waals surface area contributed by atoms with E-state index in [1.54, 1.807) is 36.4 Å². The number of hydrogen-bond acceptors (Lipinski definition) is 3. The zero-order chi connectivity index (χ0) is 16.9. The van der Waals surface area contributed by atoms with Gasteiger partial charge in [0.15, 0.2) is 5.41 Å². The molecule has 0 aromatic heterocycles. The predicted octanol–water partition coefficient (Wildman–Crippen LogP) is 2.14. The lowest BCUT2D eigenvalue weighted by molar-refractivity contribution is -0.135. The van der Waals surface area contributed by atoms with E-state index in [1.165, 1.54) is 10.0 Å². The fourth-order valence-corrected chi connectivity index (χ4v) is 3.52. The first-order chi connectivity index (χ1) is 11.6. The molecule has 2 saturated heterocycles. The van der Waals surface area contributed by atoms with Crippen molar-refractivity contribution in [3.05, 3.63) is 71.8 Å². The van der Waals surface area contributed by atoms with Gasteiger partial charge in [0, 0.05) is 5.56 Å². The molecule has 2 aromatic rings. The highest BCUT2D eigenvalue weighted by Crippen LogP contribution is 2.48. The van der Waals surface area contributed by atoms with Crippen LogP contribution in [-0.4, -0.2) is 33.8 Å². The van der Waals surface area contributed by atoms with Crippen LogP contribution in [0.25, 0.3) is 0 Å². The third-order valence-corrected chi connectivity index (χ3v) is 4.88. The van der Waals surface area contributed by atoms with Crippen molar-refractivity contribution in [2.24, 2.45) is 0 Å². The topological polar surface area (TPSA) is 57.2 Å². The lowest BCUT2D eigenvalue weighted by Crippen LogP contribution is -2.45. The molecule has 24 heavy (non-hydrogen) atoms. The minimum Gasteiger partial charge on any atom is -0.290 e. The van der Waals surface area contributed by atoms with Crippen molar-refractivity contribution in [1.82, 2.24) is 10.0 Å². The van der Waals surface area contributed by atoms with Crippen LogP contribution in [0.3, 0.4) is 0 Å². The van der Waals surface area contributed by atoms with Crippen LogP contribution < -0.4 is 0 Å². The van der Waals surface area contributed by atoms with Gasteiger partial charge in [-0.2, -0.15) is 0 Å². The first-order valence-electron chi connectivity index (χ1n) is 7.95. The Kier molecular flexibility index (Phi) is 3.06. The quantitative estimate of drug-likeness (QED) is 0.493. The molecule has 0 atom stereocenters. The molecule has 5 heteroatoms. The average molecular weight is 320 g/mol. The van der Waals surface area contributed by atoms with Crippen molar-refractivity contribution in [3.63, 3.8) is 0 Å². The first kappa shape index (κ1) is 14.6. The van der Waals surface area contributed by atoms with Gasteiger partial charge in [0.25, 0.3) is 11.8 Å². The van der Waals surface area contributed by atoms with Gasteiger partial charge in [-0.1, -0.05) is 67.6 Å². The monoisotopic (exact) mass is 320 g/mol. The van der Waals surface area contributed by atoms with Gasteiger partial charge in [-0.05, 0) is 12.0 Å². The highest BCUT2D eigenvalue weighted by atomic mass is 16.2. The van der Waals surface area contributed by atoms with Crippen molar-refractivity contribution in [3.8, 4) is 0 Å². The third-order valence-electron chi connectivity index (χ3n) is 4.88. The molecule has 2 aromatic carbocycles. The molecule has 0 N–H and O–H groups in total. The number of nitrogens with zero attached hydrogens (tertiary/aromatic N) is 2. The van der Waals surface area contributed by atoms with E-state index in [4.69, 9.17) is 0 Å². The summed E-state index contributed by atoms with van der Waals surface area (Å²) in [4.78, 5) is 38.5. The van der Waals surface area contributed by atoms with Crippen LogP contribution in [0.1, 0.15) is 29.3 Å². The lowest BCUT2D eigenvalue weighted by Gasteiger charge is -2.24. The molecule has 120 valence electrons. The Balaban J connectivity index is 1.67. The van der Waals surface area contributed by atoms with Gasteiger partial charge in [-0.3, -0.25) is 14.4 Å². The zero-order valence-corrected chi connectivity index (χ0v) is 13.2. The predicted molar refractivity (Wildman–Crippen MR) is 86.7 cm³/mol. The minimum absolute atomic E-state index is 0.227. The average Bonchev–Trinajstić information content (AvgIpc) is 3.33. The fraction of sp³-hybridized carbons (Fsp3) is 0.211. The highest BCUT2D eigenvalue weighted by molar-refractivity contribution is 6.22. The second-order valence-electron chi connectivity index (χ2n) is 6.03. The van der Waals surface area contributed by atoms with Gasteiger partial charge in [-0.15, -0.1) is 0 Å². The summed E-state index contributed by atoms with van der Waals surface area (Å²) in [6, 6.07) is 17.8. The summed E-state index contributed by atoms with van der Waals surface area (Å²) in [5.41, 5.74) is -0.0192. The molecular weight excluding hydrogens is 304 g/mol. The molecule has 5 nitrogen and oxygen atoms in total. The molecule has 0 aliphatic carbocycles. The summed E-state index contributed by atoms with van der Waals surface area (Å²) in [5.74, 6) is -0.846. The molecular formula is C19H16N2O3. The number of hydrogen-bond donors (Lipinski definition) is 0. The summed E-state index contributed by atoms with van der Waals surface area (Å²) >= 11 is 0. The van der Waals surface area contributed by atoms with Crippen LogP contribution in [0.2, 0.25) is 0 Å². The van der Waals surface area contributed by atoms with E-state index >= 15 is 0 Å². The van der Waals surface area contributed by atoms with Crippen LogP contribution in [0.4, 0.5) is 0 Å². The van der Waals surface area contributed by atoms with Crippen LogP contribution in [0, 0.1) is 0 Å². The van der Waals surface area contributed by atoms with Gasteiger partial charge in [-0.25, -0.2) is 10.0 Å². The Morgan fingerprint density at radius 3 is 1.92 bits per heavy atom. The van der Waals surface area contributed by atoms with E-state index in [9.17, 15) is 14.4 Å². The number of Topliss-reactive ketones (excluding diaryl/α,β-unsaturated/α-hetero) is 1. The van der Waals surface area contributed by atoms with Crippen molar-refractivity contribution >= 4 is 17.6 Å². The first-order valence-corrected chi connectivity index (χ1v) is 7.95. The summed E-state index contributed by atoms with van der Waals surface area (Å²) in [6.45, 7) is 1.82. The Hall–Kier alpha value is -2.95. The number of carbonyl (C=O) groups excluding carboxylic acids is 3. The van der Waals surface area contributed by atoms with Crippen molar-refractivity contribution in [2.45, 2.75) is 24.9 Å². The number of hydrazine groups is 1. The van der Waals surface area contributed by atoms with Crippen molar-refractivity contribution in [2.75, 3.05) is 0 Å². The molecule has 0 spiro atoms. The van der Waals surface area contributed by atoms with Gasteiger partial charge in [0.2, 0.25) is 11.9 Å². The lowest BCUT2D eigenvalue weighted by atomic mass is 9.76. The Bertz CT molecular complexity index is 810. The molecule has 4 rings (SSSR count). The summed E-state index contributed by atoms with van der Waals surface area (Å²) in [7, 11) is 0. The molecule has 2 heterocycles. The van der Waals surface area contributed by atoms with E-state index in [-0.39, 0.29) is 17.6 Å². The van der Waals surface area contributed by atoms with Crippen LogP contribution in [0.15, 0.2) is 60.7 Å². The summed E-state index contributed by atoms with van der Waals surface area (Å²) in [6.07, 6.45) is -0.427. The van der Waals surface area contributed by atoms with Crippen molar-refractivity contribution < 1.29 is 14.4 Å². The number of rotatable bonds is 4. The second kappa shape index (κ2) is 5.03. The normalized spacial score (nSPS) is 18.7. The second-order valence-corrected chi connectivity index (χ2v) is 6.03. The Labute approximate surface area is 139 Å². The van der Waals surface area contributed by atoms with Gasteiger partial charge < -0.3 is 0 Å². The molecule has 2 aliphatic rings. The van der Waals surface area contributed by atoms with Crippen LogP contribution in [0.5, 0.6) is 0 Å². The van der Waals surface area contributed by atoms with E-state index in [0.717, 1.165) is 0 Å². The number of ketones is 1. The van der Waals surface area contributed by atoms with Crippen LogP contribution in [-0.2, 0) is 15.0 Å². The fourth-order valence-electron chi connectivity index (χ4n) is 3.52. The number of carbonyl (C=O) groups is 3. The third kappa shape index (κ3) is 1.72. The van der Waals surface area contributed by atoms with E-state index < -0.39 is 11.6 Å². The largest absolute Gasteiger partial charge is 0.290 e. The molecule has 2 fully saturated rings. The van der Waals surface area contributed by atoms with Crippen LogP contribution >= 0.6 is 0 Å². The maximum Gasteiger partial charge on any atom is 0.263 e. The van der Waals surface area contributed by atoms with E-state index in [0.29, 0.717) is 17.5 Å². The molecule has 2 aliphatic heterocycles.